The molecule has 1 fully saturated rings. The molecule has 0 unspecified atom stereocenters. The molecule has 2 N–H and O–H groups in total. The highest BCUT2D eigenvalue weighted by Crippen LogP contribution is 2.31. The second-order valence-electron chi connectivity index (χ2n) is 5.41. The summed E-state index contributed by atoms with van der Waals surface area (Å²) in [6.07, 6.45) is -3.31. The Kier molecular flexibility index (Phi) is 5.23. The van der Waals surface area contributed by atoms with Crippen LogP contribution in [0.1, 0.15) is 30.1 Å². The summed E-state index contributed by atoms with van der Waals surface area (Å²) in [5, 5.41) is 15.6. The molecule has 5 nitrogen and oxygen atoms in total. The van der Waals surface area contributed by atoms with E-state index in [4.69, 9.17) is 4.74 Å². The van der Waals surface area contributed by atoms with Crippen molar-refractivity contribution in [3.63, 3.8) is 0 Å². The first kappa shape index (κ1) is 16.3. The van der Waals surface area contributed by atoms with E-state index in [1.807, 2.05) is 4.90 Å². The molecule has 8 heteroatoms. The van der Waals surface area contributed by atoms with Gasteiger partial charge in [0.1, 0.15) is 0 Å². The number of likely N-dealkylation sites (tertiary alicyclic amines) is 1. The van der Waals surface area contributed by atoms with Crippen LogP contribution in [-0.2, 0) is 10.9 Å². The van der Waals surface area contributed by atoms with E-state index in [1.165, 1.54) is 7.11 Å². The predicted molar refractivity (Wildman–Crippen MR) is 69.9 cm³/mol. The summed E-state index contributed by atoms with van der Waals surface area (Å²) >= 11 is 0. The summed E-state index contributed by atoms with van der Waals surface area (Å²) in [7, 11) is 1.52. The van der Waals surface area contributed by atoms with Gasteiger partial charge in [0.25, 0.3) is 0 Å². The first-order valence-corrected chi connectivity index (χ1v) is 6.92. The number of piperidine rings is 1. The number of halogens is 3. The number of β-amino-alcohol motifs (C(OH)–C–C–N with tert-alkyl or cyclic N) is 1. The van der Waals surface area contributed by atoms with Gasteiger partial charge in [0.15, 0.2) is 5.69 Å². The van der Waals surface area contributed by atoms with Gasteiger partial charge < -0.3 is 14.7 Å². The third kappa shape index (κ3) is 4.42. The second kappa shape index (κ2) is 6.76. The van der Waals surface area contributed by atoms with E-state index in [0.29, 0.717) is 18.8 Å². The second-order valence-corrected chi connectivity index (χ2v) is 5.41. The number of methoxy groups -OCH3 is 1. The molecule has 1 aliphatic heterocycles. The predicted octanol–water partition coefficient (Wildman–Crippen LogP) is 1.62. The monoisotopic (exact) mass is 307 g/mol. The highest BCUT2D eigenvalue weighted by molar-refractivity contribution is 5.16. The first-order chi connectivity index (χ1) is 9.90. The van der Waals surface area contributed by atoms with Crippen molar-refractivity contribution in [2.75, 3.05) is 33.4 Å². The van der Waals surface area contributed by atoms with E-state index in [9.17, 15) is 18.3 Å². The van der Waals surface area contributed by atoms with Crippen molar-refractivity contribution < 1.29 is 23.0 Å². The molecule has 0 radical (unpaired) electrons. The van der Waals surface area contributed by atoms with Gasteiger partial charge in [0.2, 0.25) is 0 Å². The molecule has 1 aromatic heterocycles. The number of alkyl halides is 3. The third-order valence-electron chi connectivity index (χ3n) is 3.66. The zero-order valence-corrected chi connectivity index (χ0v) is 11.9. The lowest BCUT2D eigenvalue weighted by atomic mass is 9.94. The minimum atomic E-state index is -4.42. The maximum atomic E-state index is 12.6. The van der Waals surface area contributed by atoms with Crippen molar-refractivity contribution in [1.29, 1.82) is 0 Å². The van der Waals surface area contributed by atoms with E-state index >= 15 is 0 Å². The Morgan fingerprint density at radius 3 is 2.95 bits per heavy atom. The fraction of sp³-hybridized carbons (Fsp3) is 0.769. The molecule has 1 aromatic rings. The van der Waals surface area contributed by atoms with Crippen LogP contribution < -0.4 is 0 Å². The fourth-order valence-electron chi connectivity index (χ4n) is 2.71. The van der Waals surface area contributed by atoms with Gasteiger partial charge in [-0.15, -0.1) is 0 Å². The van der Waals surface area contributed by atoms with E-state index in [-0.39, 0.29) is 12.5 Å². The van der Waals surface area contributed by atoms with Crippen molar-refractivity contribution in [3.8, 4) is 0 Å². The Morgan fingerprint density at radius 2 is 2.33 bits per heavy atom. The SMILES string of the molecule is COC[C@@H](O)CN1CCC[C@@H](c2cc(C(F)(F)F)n[nH]2)C1. The summed E-state index contributed by atoms with van der Waals surface area (Å²) in [6.45, 7) is 2.16. The molecule has 0 aromatic carbocycles. The van der Waals surface area contributed by atoms with Gasteiger partial charge in [0, 0.05) is 31.8 Å². The number of aliphatic hydroxyl groups excluding tert-OH is 1. The van der Waals surface area contributed by atoms with Crippen LogP contribution in [0.4, 0.5) is 13.2 Å². The Bertz CT molecular complexity index is 450. The molecule has 2 heterocycles. The summed E-state index contributed by atoms with van der Waals surface area (Å²) in [4.78, 5) is 2.05. The zero-order chi connectivity index (χ0) is 15.5. The molecule has 0 aliphatic carbocycles. The van der Waals surface area contributed by atoms with Crippen LogP contribution >= 0.6 is 0 Å². The molecule has 1 saturated heterocycles. The quantitative estimate of drug-likeness (QED) is 0.868. The van der Waals surface area contributed by atoms with Gasteiger partial charge in [-0.05, 0) is 25.5 Å². The number of H-pyrrole nitrogens is 1. The molecular weight excluding hydrogens is 287 g/mol. The lowest BCUT2D eigenvalue weighted by Gasteiger charge is -2.33. The van der Waals surface area contributed by atoms with Crippen molar-refractivity contribution in [1.82, 2.24) is 15.1 Å². The number of ether oxygens (including phenoxy) is 1. The number of aromatic amines is 1. The van der Waals surface area contributed by atoms with Crippen molar-refractivity contribution >= 4 is 0 Å². The lowest BCUT2D eigenvalue weighted by molar-refractivity contribution is -0.141. The normalized spacial score (nSPS) is 22.4. The summed E-state index contributed by atoms with van der Waals surface area (Å²) in [6, 6.07) is 1.08. The van der Waals surface area contributed by atoms with Crippen molar-refractivity contribution in [2.24, 2.45) is 0 Å². The number of hydrogen-bond acceptors (Lipinski definition) is 4. The van der Waals surface area contributed by atoms with Gasteiger partial charge in [-0.3, -0.25) is 5.10 Å². The average molecular weight is 307 g/mol. The topological polar surface area (TPSA) is 61.4 Å². The first-order valence-electron chi connectivity index (χ1n) is 6.92. The van der Waals surface area contributed by atoms with E-state index in [0.717, 1.165) is 25.5 Å². The molecule has 0 spiro atoms. The van der Waals surface area contributed by atoms with Crippen molar-refractivity contribution in [3.05, 3.63) is 17.5 Å². The number of aromatic nitrogens is 2. The molecule has 0 saturated carbocycles. The molecule has 21 heavy (non-hydrogen) atoms. The van der Waals surface area contributed by atoms with Crippen LogP contribution in [0.3, 0.4) is 0 Å². The maximum absolute atomic E-state index is 12.6. The molecular formula is C13H20F3N3O2. The summed E-state index contributed by atoms with van der Waals surface area (Å²) < 4.78 is 42.6. The number of nitrogens with one attached hydrogen (secondary N) is 1. The molecule has 0 amide bonds. The maximum Gasteiger partial charge on any atom is 0.435 e. The van der Waals surface area contributed by atoms with E-state index in [2.05, 4.69) is 10.2 Å². The Balaban J connectivity index is 1.96. The van der Waals surface area contributed by atoms with Crippen LogP contribution in [0.25, 0.3) is 0 Å². The van der Waals surface area contributed by atoms with Crippen LogP contribution in [-0.4, -0.2) is 59.7 Å². The van der Waals surface area contributed by atoms with Gasteiger partial charge in [-0.25, -0.2) is 0 Å². The minimum Gasteiger partial charge on any atom is -0.389 e. The van der Waals surface area contributed by atoms with Gasteiger partial charge in [-0.1, -0.05) is 0 Å². The molecule has 120 valence electrons. The molecule has 2 rings (SSSR count). The van der Waals surface area contributed by atoms with Crippen molar-refractivity contribution in [2.45, 2.75) is 31.0 Å². The Labute approximate surface area is 121 Å². The standard InChI is InChI=1S/C13H20F3N3O2/c1-21-8-10(20)7-19-4-2-3-9(6-19)11-5-12(18-17-11)13(14,15)16/h5,9-10,20H,2-4,6-8H2,1H3,(H,17,18)/t9-,10+/m1/s1. The average Bonchev–Trinajstić information content (AvgIpc) is 2.88. The Hall–Kier alpha value is -1.12. The third-order valence-corrected chi connectivity index (χ3v) is 3.66. The highest BCUT2D eigenvalue weighted by atomic mass is 19.4. The summed E-state index contributed by atoms with van der Waals surface area (Å²) in [5.41, 5.74) is -0.373. The fourth-order valence-corrected chi connectivity index (χ4v) is 2.71. The van der Waals surface area contributed by atoms with E-state index in [1.54, 1.807) is 0 Å². The van der Waals surface area contributed by atoms with Gasteiger partial charge in [-0.2, -0.15) is 18.3 Å². The summed E-state index contributed by atoms with van der Waals surface area (Å²) in [5.74, 6) is -0.0166. The van der Waals surface area contributed by atoms with Crippen LogP contribution in [0, 0.1) is 0 Å². The number of aliphatic hydroxyl groups is 1. The van der Waals surface area contributed by atoms with Crippen LogP contribution in [0.5, 0.6) is 0 Å². The lowest BCUT2D eigenvalue weighted by Crippen LogP contribution is -2.40. The smallest absolute Gasteiger partial charge is 0.389 e. The minimum absolute atomic E-state index is 0.0166. The number of nitrogens with zero attached hydrogens (tertiary/aromatic N) is 2. The van der Waals surface area contributed by atoms with E-state index < -0.39 is 18.0 Å². The number of hydrogen-bond donors (Lipinski definition) is 2. The largest absolute Gasteiger partial charge is 0.435 e. The van der Waals surface area contributed by atoms with Crippen LogP contribution in [0.15, 0.2) is 6.07 Å². The Morgan fingerprint density at radius 1 is 1.57 bits per heavy atom. The highest BCUT2D eigenvalue weighted by Gasteiger charge is 2.35. The number of rotatable bonds is 5. The van der Waals surface area contributed by atoms with Crippen LogP contribution in [0.2, 0.25) is 0 Å². The van der Waals surface area contributed by atoms with Gasteiger partial charge >= 0.3 is 6.18 Å². The molecule has 1 aliphatic rings. The molecule has 2 atom stereocenters. The van der Waals surface area contributed by atoms with Gasteiger partial charge in [0.05, 0.1) is 12.7 Å². The zero-order valence-electron chi connectivity index (χ0n) is 11.9. The molecule has 0 bridgehead atoms.